The zero-order chi connectivity index (χ0) is 20.0. The first-order valence-corrected chi connectivity index (χ1v) is 10.4. The summed E-state index contributed by atoms with van der Waals surface area (Å²) >= 11 is 5.66. The van der Waals surface area contributed by atoms with Crippen LogP contribution in [-0.2, 0) is 16.8 Å². The molecular weight excluding hydrogens is 372 g/mol. The number of piperidine rings is 1. The second kappa shape index (κ2) is 9.44. The molecule has 4 nitrogen and oxygen atoms in total. The highest BCUT2D eigenvalue weighted by Gasteiger charge is 2.38. The van der Waals surface area contributed by atoms with Gasteiger partial charge in [0.15, 0.2) is 0 Å². The Balaban J connectivity index is 1.76. The van der Waals surface area contributed by atoms with Crippen LogP contribution in [0.5, 0.6) is 0 Å². The average Bonchev–Trinajstić information content (AvgIpc) is 2.71. The van der Waals surface area contributed by atoms with Crippen molar-refractivity contribution in [2.75, 3.05) is 25.6 Å². The number of nitrogens with one attached hydrogen (secondary N) is 1. The van der Waals surface area contributed by atoms with Crippen LogP contribution in [-0.4, -0.2) is 36.6 Å². The summed E-state index contributed by atoms with van der Waals surface area (Å²) in [6.45, 7) is 7.20. The van der Waals surface area contributed by atoms with Gasteiger partial charge in [-0.3, -0.25) is 4.90 Å². The van der Waals surface area contributed by atoms with Crippen molar-refractivity contribution < 1.29 is 9.53 Å². The fourth-order valence-electron chi connectivity index (χ4n) is 3.82. The van der Waals surface area contributed by atoms with E-state index in [1.165, 1.54) is 16.7 Å². The van der Waals surface area contributed by atoms with Gasteiger partial charge in [-0.05, 0) is 48.9 Å². The highest BCUT2D eigenvalue weighted by molar-refractivity contribution is 6.18. The van der Waals surface area contributed by atoms with Gasteiger partial charge in [0.05, 0.1) is 11.4 Å². The van der Waals surface area contributed by atoms with Gasteiger partial charge in [-0.2, -0.15) is 0 Å². The standard InChI is InChI=1S/C23H29ClN2O2/c1-18-8-9-21(16-19(18)2)23(25-22(27)28-15-12-24)10-13-26(14-11-23)17-20-6-4-3-5-7-20/h3-9,16H,10-15,17H2,1-2H3,(H,25,27). The molecule has 0 aromatic heterocycles. The number of alkyl carbamates (subject to hydrolysis) is 1. The maximum atomic E-state index is 12.4. The van der Waals surface area contributed by atoms with Crippen molar-refractivity contribution in [1.82, 2.24) is 10.2 Å². The first-order valence-electron chi connectivity index (χ1n) is 9.87. The highest BCUT2D eigenvalue weighted by atomic mass is 35.5. The van der Waals surface area contributed by atoms with Crippen LogP contribution >= 0.6 is 11.6 Å². The number of aryl methyl sites for hydroxylation is 2. The molecule has 0 unspecified atom stereocenters. The largest absolute Gasteiger partial charge is 0.448 e. The Morgan fingerprint density at radius 2 is 1.82 bits per heavy atom. The normalized spacial score (nSPS) is 16.5. The minimum atomic E-state index is -0.408. The van der Waals surface area contributed by atoms with Crippen molar-refractivity contribution in [2.45, 2.75) is 38.8 Å². The smallest absolute Gasteiger partial charge is 0.407 e. The summed E-state index contributed by atoms with van der Waals surface area (Å²) in [6, 6.07) is 17.0. The van der Waals surface area contributed by atoms with Crippen molar-refractivity contribution in [2.24, 2.45) is 0 Å². The minimum absolute atomic E-state index is 0.219. The third-order valence-corrected chi connectivity index (χ3v) is 5.82. The Bertz CT molecular complexity index is 786. The molecule has 1 N–H and O–H groups in total. The van der Waals surface area contributed by atoms with Gasteiger partial charge in [0.1, 0.15) is 6.61 Å². The lowest BCUT2D eigenvalue weighted by atomic mass is 9.80. The predicted molar refractivity (Wildman–Crippen MR) is 114 cm³/mol. The van der Waals surface area contributed by atoms with Crippen LogP contribution in [0.15, 0.2) is 48.5 Å². The lowest BCUT2D eigenvalue weighted by Gasteiger charge is -2.42. The Morgan fingerprint density at radius 1 is 1.11 bits per heavy atom. The van der Waals surface area contributed by atoms with Crippen molar-refractivity contribution in [1.29, 1.82) is 0 Å². The molecule has 0 bridgehead atoms. The van der Waals surface area contributed by atoms with Gasteiger partial charge < -0.3 is 10.1 Å². The molecule has 0 spiro atoms. The van der Waals surface area contributed by atoms with Crippen LogP contribution in [0.3, 0.4) is 0 Å². The van der Waals surface area contributed by atoms with Crippen LogP contribution in [0.1, 0.15) is 35.1 Å². The Labute approximate surface area is 172 Å². The molecule has 0 saturated carbocycles. The van der Waals surface area contributed by atoms with Crippen LogP contribution in [0.25, 0.3) is 0 Å². The molecule has 1 aliphatic rings. The maximum absolute atomic E-state index is 12.4. The summed E-state index contributed by atoms with van der Waals surface area (Å²) in [5.74, 6) is 0.301. The number of halogens is 1. The number of ether oxygens (including phenoxy) is 1. The molecule has 1 heterocycles. The summed E-state index contributed by atoms with van der Waals surface area (Å²) in [5, 5.41) is 3.17. The van der Waals surface area contributed by atoms with Crippen molar-refractivity contribution in [3.8, 4) is 0 Å². The van der Waals surface area contributed by atoms with Gasteiger partial charge in [-0.25, -0.2) is 4.79 Å². The molecule has 2 aromatic carbocycles. The quantitative estimate of drug-likeness (QED) is 0.711. The molecule has 1 amide bonds. The zero-order valence-corrected chi connectivity index (χ0v) is 17.5. The molecule has 1 saturated heterocycles. The summed E-state index contributed by atoms with van der Waals surface area (Å²) < 4.78 is 5.22. The van der Waals surface area contributed by atoms with E-state index < -0.39 is 11.6 Å². The van der Waals surface area contributed by atoms with Gasteiger partial charge in [-0.1, -0.05) is 48.5 Å². The minimum Gasteiger partial charge on any atom is -0.448 e. The van der Waals surface area contributed by atoms with Crippen molar-refractivity contribution >= 4 is 17.7 Å². The molecule has 1 aliphatic heterocycles. The second-order valence-corrected chi connectivity index (χ2v) is 7.97. The van der Waals surface area contributed by atoms with Crippen LogP contribution in [0.2, 0.25) is 0 Å². The lowest BCUT2D eigenvalue weighted by molar-refractivity contribution is 0.102. The van der Waals surface area contributed by atoms with Crippen molar-refractivity contribution in [3.05, 3.63) is 70.8 Å². The number of hydrogen-bond donors (Lipinski definition) is 1. The van der Waals surface area contributed by atoms with E-state index >= 15 is 0 Å². The fourth-order valence-corrected chi connectivity index (χ4v) is 3.90. The van der Waals surface area contributed by atoms with Crippen molar-refractivity contribution in [3.63, 3.8) is 0 Å². The predicted octanol–water partition coefficient (Wildman–Crippen LogP) is 4.76. The molecule has 150 valence electrons. The molecule has 0 aliphatic carbocycles. The van der Waals surface area contributed by atoms with Gasteiger partial charge in [0.2, 0.25) is 0 Å². The summed E-state index contributed by atoms with van der Waals surface area (Å²) in [6.07, 6.45) is 1.30. The summed E-state index contributed by atoms with van der Waals surface area (Å²) in [7, 11) is 0. The number of benzene rings is 2. The number of alkyl halides is 1. The van der Waals surface area contributed by atoms with E-state index in [0.29, 0.717) is 5.88 Å². The number of nitrogens with zero attached hydrogens (tertiary/aromatic N) is 1. The Hall–Kier alpha value is -2.04. The van der Waals surface area contributed by atoms with Gasteiger partial charge >= 0.3 is 6.09 Å². The average molecular weight is 401 g/mol. The summed E-state index contributed by atoms with van der Waals surface area (Å²) in [5.41, 5.74) is 4.55. The molecule has 3 rings (SSSR count). The van der Waals surface area contributed by atoms with E-state index in [0.717, 1.165) is 38.0 Å². The molecule has 28 heavy (non-hydrogen) atoms. The van der Waals surface area contributed by atoms with Gasteiger partial charge in [0, 0.05) is 19.6 Å². The number of hydrogen-bond acceptors (Lipinski definition) is 3. The van der Waals surface area contributed by atoms with Gasteiger partial charge in [-0.15, -0.1) is 11.6 Å². The van der Waals surface area contributed by atoms with Gasteiger partial charge in [0.25, 0.3) is 0 Å². The molecular formula is C23H29ClN2O2. The SMILES string of the molecule is Cc1ccc(C2(NC(=O)OCCCl)CCN(Cc3ccccc3)CC2)cc1C. The topological polar surface area (TPSA) is 41.6 Å². The number of likely N-dealkylation sites (tertiary alicyclic amines) is 1. The van der Waals surface area contributed by atoms with E-state index in [2.05, 4.69) is 66.5 Å². The first kappa shape index (κ1) is 20.7. The lowest BCUT2D eigenvalue weighted by Crippen LogP contribution is -2.53. The first-order chi connectivity index (χ1) is 13.5. The third kappa shape index (κ3) is 5.06. The van der Waals surface area contributed by atoms with Crippen LogP contribution in [0, 0.1) is 13.8 Å². The van der Waals surface area contributed by atoms with E-state index in [1.807, 2.05) is 6.07 Å². The van der Waals surface area contributed by atoms with E-state index in [9.17, 15) is 4.79 Å². The number of carbonyl (C=O) groups excluding carboxylic acids is 1. The van der Waals surface area contributed by atoms with E-state index in [1.54, 1.807) is 0 Å². The number of carbonyl (C=O) groups is 1. The molecule has 2 aromatic rings. The van der Waals surface area contributed by atoms with E-state index in [-0.39, 0.29) is 6.61 Å². The molecule has 0 radical (unpaired) electrons. The molecule has 5 heteroatoms. The number of rotatable bonds is 6. The Morgan fingerprint density at radius 3 is 2.46 bits per heavy atom. The molecule has 0 atom stereocenters. The molecule has 1 fully saturated rings. The fraction of sp³-hybridized carbons (Fsp3) is 0.435. The number of amides is 1. The van der Waals surface area contributed by atoms with Crippen LogP contribution < -0.4 is 5.32 Å². The third-order valence-electron chi connectivity index (χ3n) is 5.67. The Kier molecular flexibility index (Phi) is 6.97. The highest BCUT2D eigenvalue weighted by Crippen LogP contribution is 2.34. The summed E-state index contributed by atoms with van der Waals surface area (Å²) in [4.78, 5) is 14.8. The maximum Gasteiger partial charge on any atom is 0.407 e. The van der Waals surface area contributed by atoms with Crippen LogP contribution in [0.4, 0.5) is 4.79 Å². The van der Waals surface area contributed by atoms with E-state index in [4.69, 9.17) is 16.3 Å². The zero-order valence-electron chi connectivity index (χ0n) is 16.7. The monoisotopic (exact) mass is 400 g/mol. The second-order valence-electron chi connectivity index (χ2n) is 7.59.